The normalized spacial score (nSPS) is 18.4. The van der Waals surface area contributed by atoms with Crippen LogP contribution in [-0.4, -0.2) is 34.7 Å². The molecule has 50 heavy (non-hydrogen) atoms. The van der Waals surface area contributed by atoms with Gasteiger partial charge < -0.3 is 8.83 Å². The number of hydrogen-bond donors (Lipinski definition) is 1. The summed E-state index contributed by atoms with van der Waals surface area (Å²) in [7, 11) is 0. The number of pyridine rings is 2. The smallest absolute Gasteiger partial charge is 0.321 e. The van der Waals surface area contributed by atoms with E-state index in [0.717, 1.165) is 21.9 Å². The predicted molar refractivity (Wildman–Crippen MR) is 188 cm³/mol. The number of oxazole rings is 1. The van der Waals surface area contributed by atoms with Gasteiger partial charge in [-0.1, -0.05) is 66.7 Å². The Morgan fingerprint density at radius 1 is 0.700 bits per heavy atom. The number of fused-ring (bicyclic) bond motifs is 2. The summed E-state index contributed by atoms with van der Waals surface area (Å²) >= 11 is 1.32. The molecule has 2 unspecified atom stereocenters. The van der Waals surface area contributed by atoms with E-state index in [2.05, 4.69) is 41.6 Å². The number of furan rings is 1. The molecular weight excluding hydrogens is 651 g/mol. The van der Waals surface area contributed by atoms with Gasteiger partial charge in [0, 0.05) is 35.1 Å². The number of aromatic amines is 1. The summed E-state index contributed by atoms with van der Waals surface area (Å²) in [6.07, 6.45) is 12.6. The molecule has 0 radical (unpaired) electrons. The molecule has 1 fully saturated rings. The van der Waals surface area contributed by atoms with E-state index in [9.17, 15) is 0 Å². The molecule has 1 saturated heterocycles. The molecule has 2 atom stereocenters. The minimum Gasteiger partial charge on any atom is -0.447 e. The SMILES string of the molecule is C1=CC(c2n[nH]nc2C2(c3nccc4ccccc34)N(c3ccco3)N(c3ccccn3)N(c3ccsn3)N2c2ncco2)c2ccccc21. The molecule has 10 rings (SSSR count). The van der Waals surface area contributed by atoms with Gasteiger partial charge in [-0.3, -0.25) is 4.98 Å². The maximum Gasteiger partial charge on any atom is 0.321 e. The van der Waals surface area contributed by atoms with Crippen molar-refractivity contribution < 1.29 is 8.83 Å². The fourth-order valence-electron chi connectivity index (χ4n) is 7.01. The first-order valence-electron chi connectivity index (χ1n) is 15.8. The summed E-state index contributed by atoms with van der Waals surface area (Å²) in [6, 6.07) is 30.0. The average Bonchev–Trinajstić information content (AvgIpc) is 4.02. The topological polar surface area (TPSA) is 132 Å². The molecule has 0 amide bonds. The summed E-state index contributed by atoms with van der Waals surface area (Å²) in [4.78, 5) is 14.8. The van der Waals surface area contributed by atoms with Gasteiger partial charge in [0.15, 0.2) is 11.6 Å². The van der Waals surface area contributed by atoms with Crippen molar-refractivity contribution in [2.75, 3.05) is 20.3 Å². The molecule has 13 nitrogen and oxygen atoms in total. The second-order valence-electron chi connectivity index (χ2n) is 11.6. The van der Waals surface area contributed by atoms with E-state index >= 15 is 0 Å². The summed E-state index contributed by atoms with van der Waals surface area (Å²) in [5.74, 6) is 1.32. The van der Waals surface area contributed by atoms with Crippen molar-refractivity contribution in [2.24, 2.45) is 0 Å². The third-order valence-electron chi connectivity index (χ3n) is 8.97. The van der Waals surface area contributed by atoms with Crippen LogP contribution in [0.5, 0.6) is 0 Å². The molecule has 14 heteroatoms. The number of H-pyrrole nitrogens is 1. The van der Waals surface area contributed by atoms with Crippen molar-refractivity contribution in [2.45, 2.75) is 11.6 Å². The van der Waals surface area contributed by atoms with E-state index in [-0.39, 0.29) is 11.9 Å². The van der Waals surface area contributed by atoms with Gasteiger partial charge in [-0.15, -0.1) is 10.2 Å². The predicted octanol–water partition coefficient (Wildman–Crippen LogP) is 6.93. The number of benzene rings is 2. The first-order chi connectivity index (χ1) is 24.8. The highest BCUT2D eigenvalue weighted by molar-refractivity contribution is 7.03. The zero-order chi connectivity index (χ0) is 33.1. The zero-order valence-corrected chi connectivity index (χ0v) is 26.9. The quantitative estimate of drug-likeness (QED) is 0.188. The lowest BCUT2D eigenvalue weighted by atomic mass is 9.88. The fourth-order valence-corrected chi connectivity index (χ4v) is 7.49. The molecule has 6 aromatic heterocycles. The number of hydrazine groups is 3. The number of nitrogens with one attached hydrogen (secondary N) is 1. The van der Waals surface area contributed by atoms with Crippen molar-refractivity contribution in [3.05, 3.63) is 162 Å². The number of aromatic nitrogens is 7. The summed E-state index contributed by atoms with van der Waals surface area (Å²) in [5.41, 5.74) is 2.48. The van der Waals surface area contributed by atoms with Crippen LogP contribution in [0.2, 0.25) is 0 Å². The molecule has 1 N–H and O–H groups in total. The Labute approximate surface area is 288 Å². The van der Waals surface area contributed by atoms with Crippen molar-refractivity contribution in [1.82, 2.24) is 34.7 Å². The molecule has 0 spiro atoms. The molecule has 2 aliphatic rings. The molecule has 7 heterocycles. The number of rotatable bonds is 7. The van der Waals surface area contributed by atoms with Crippen LogP contribution in [0.15, 0.2) is 142 Å². The van der Waals surface area contributed by atoms with E-state index < -0.39 is 5.66 Å². The first-order valence-corrected chi connectivity index (χ1v) is 16.6. The summed E-state index contributed by atoms with van der Waals surface area (Å²) in [5, 5.41) is 24.3. The highest BCUT2D eigenvalue weighted by atomic mass is 32.1. The molecule has 242 valence electrons. The van der Waals surface area contributed by atoms with Crippen LogP contribution < -0.4 is 20.3 Å². The maximum atomic E-state index is 6.34. The number of anilines is 4. The van der Waals surface area contributed by atoms with Crippen molar-refractivity contribution >= 4 is 51.9 Å². The largest absolute Gasteiger partial charge is 0.447 e. The maximum absolute atomic E-state index is 6.34. The number of hydrogen-bond acceptors (Lipinski definition) is 13. The zero-order valence-electron chi connectivity index (χ0n) is 26.1. The van der Waals surface area contributed by atoms with E-state index in [1.807, 2.05) is 92.4 Å². The highest BCUT2D eigenvalue weighted by Crippen LogP contribution is 2.54. The molecule has 0 saturated carbocycles. The van der Waals surface area contributed by atoms with Crippen molar-refractivity contribution in [3.63, 3.8) is 0 Å². The van der Waals surface area contributed by atoms with Gasteiger partial charge in [-0.05, 0) is 58.4 Å². The molecule has 2 aromatic carbocycles. The van der Waals surface area contributed by atoms with E-state index in [1.165, 1.54) is 17.8 Å². The third-order valence-corrected chi connectivity index (χ3v) is 9.52. The van der Waals surface area contributed by atoms with Gasteiger partial charge in [-0.2, -0.15) is 29.8 Å². The number of allylic oxidation sites excluding steroid dienone is 1. The molecule has 0 bridgehead atoms. The Bertz CT molecular complexity index is 2440. The average molecular weight is 676 g/mol. The van der Waals surface area contributed by atoms with Crippen LogP contribution >= 0.6 is 11.5 Å². The standard InChI is InChI=1S/C36H25N11O2S/c1-3-10-26-24(8-1)14-15-28(26)32-34(41-43-40-32)36(33-27-11-4-2-9-25(27)16-19-38-33)44(31-13-7-21-48-31)46(29-12-5-6-18-37-29)47(30-17-23-50-42-30)45(36)35-39-20-22-49-35/h1-23,28H,(H,40,41,43). The van der Waals surface area contributed by atoms with Crippen LogP contribution in [-0.2, 0) is 5.66 Å². The Kier molecular flexibility index (Phi) is 6.29. The van der Waals surface area contributed by atoms with E-state index in [0.29, 0.717) is 34.6 Å². The van der Waals surface area contributed by atoms with Crippen molar-refractivity contribution in [3.8, 4) is 0 Å². The van der Waals surface area contributed by atoms with Gasteiger partial charge in [0.1, 0.15) is 23.3 Å². The van der Waals surface area contributed by atoms with Gasteiger partial charge in [0.25, 0.3) is 5.66 Å². The van der Waals surface area contributed by atoms with Crippen LogP contribution in [0.1, 0.15) is 34.1 Å². The molecular formula is C36H25N11O2S. The van der Waals surface area contributed by atoms with Crippen LogP contribution in [0, 0.1) is 0 Å². The molecule has 1 aliphatic carbocycles. The van der Waals surface area contributed by atoms with E-state index in [4.69, 9.17) is 38.4 Å². The van der Waals surface area contributed by atoms with Crippen molar-refractivity contribution in [1.29, 1.82) is 0 Å². The highest BCUT2D eigenvalue weighted by Gasteiger charge is 2.66. The van der Waals surface area contributed by atoms with Gasteiger partial charge in [0.2, 0.25) is 5.88 Å². The second-order valence-corrected chi connectivity index (χ2v) is 12.3. The van der Waals surface area contributed by atoms with Crippen LogP contribution in [0.3, 0.4) is 0 Å². The lowest BCUT2D eigenvalue weighted by Gasteiger charge is -2.39. The minimum absolute atomic E-state index is 0.235. The fraction of sp³-hybridized carbons (Fsp3) is 0.0556. The summed E-state index contributed by atoms with van der Waals surface area (Å²) in [6.45, 7) is 0. The van der Waals surface area contributed by atoms with Gasteiger partial charge in [0.05, 0.1) is 12.5 Å². The minimum atomic E-state index is -1.54. The van der Waals surface area contributed by atoms with Gasteiger partial charge in [-0.25, -0.2) is 9.97 Å². The Balaban J connectivity index is 1.39. The van der Waals surface area contributed by atoms with E-state index in [1.54, 1.807) is 24.9 Å². The lowest BCUT2D eigenvalue weighted by Crippen LogP contribution is -2.56. The third kappa shape index (κ3) is 3.99. The summed E-state index contributed by atoms with van der Waals surface area (Å²) < 4.78 is 17.4. The Hall–Kier alpha value is -6.80. The molecule has 8 aromatic rings. The monoisotopic (exact) mass is 675 g/mol. The first kappa shape index (κ1) is 28.2. The Morgan fingerprint density at radius 2 is 1.60 bits per heavy atom. The Morgan fingerprint density at radius 3 is 2.44 bits per heavy atom. The lowest BCUT2D eigenvalue weighted by molar-refractivity contribution is 0.421. The van der Waals surface area contributed by atoms with Crippen LogP contribution in [0.25, 0.3) is 16.8 Å². The second kappa shape index (κ2) is 11.1. The number of nitrogens with zero attached hydrogens (tertiary/aromatic N) is 10. The van der Waals surface area contributed by atoms with Gasteiger partial charge >= 0.3 is 6.01 Å². The molecule has 1 aliphatic heterocycles. The van der Waals surface area contributed by atoms with Crippen LogP contribution in [0.4, 0.5) is 23.5 Å².